The van der Waals surface area contributed by atoms with Crippen LogP contribution >= 0.6 is 0 Å². The molecule has 7 heteroatoms. The van der Waals surface area contributed by atoms with E-state index in [2.05, 4.69) is 0 Å². The third-order valence-electron chi connectivity index (χ3n) is 6.90. The van der Waals surface area contributed by atoms with Gasteiger partial charge in [-0.05, 0) is 46.7 Å². The quantitative estimate of drug-likeness (QED) is 0.279. The van der Waals surface area contributed by atoms with Gasteiger partial charge in [-0.1, -0.05) is 93.6 Å². The molecule has 3 nitrogen and oxygen atoms in total. The van der Waals surface area contributed by atoms with Crippen LogP contribution in [-0.2, 0) is 14.0 Å². The lowest BCUT2D eigenvalue weighted by atomic mass is 9.82. The Bertz CT molecular complexity index is 1080. The van der Waals surface area contributed by atoms with Gasteiger partial charge in [-0.3, -0.25) is 0 Å². The Balaban J connectivity index is 1.98. The average Bonchev–Trinajstić information content (AvgIpc) is 2.82. The number of benzene rings is 2. The fourth-order valence-corrected chi connectivity index (χ4v) is 10.0. The summed E-state index contributed by atoms with van der Waals surface area (Å²) in [7, 11) is -3.32. The van der Waals surface area contributed by atoms with Gasteiger partial charge in [0.2, 0.25) is 5.79 Å². The Hall–Kier alpha value is -2.64. The second kappa shape index (κ2) is 9.43. The van der Waals surface area contributed by atoms with Crippen LogP contribution in [0, 0.1) is 0 Å². The van der Waals surface area contributed by atoms with Gasteiger partial charge in [0.05, 0.1) is 0 Å². The summed E-state index contributed by atoms with van der Waals surface area (Å²) < 4.78 is 53.2. The molecule has 1 atom stereocenters. The standard InChI is InChI=1S/C28H31F3O3Si/c1-26(2,3)35(22-15-6-4-7-16-22,23-17-8-5-9-18-23)34-27(33-25(32)28(29,30)31)20-12-14-21-13-10-11-19-24(21)27/h4-9,12,14-18H,10-11,13,19-20H2,1-3H3/t27-/m1/s1. The van der Waals surface area contributed by atoms with Crippen molar-refractivity contribution >= 4 is 24.7 Å². The second-order valence-electron chi connectivity index (χ2n) is 10.2. The van der Waals surface area contributed by atoms with Gasteiger partial charge < -0.3 is 9.16 Å². The van der Waals surface area contributed by atoms with E-state index >= 15 is 0 Å². The van der Waals surface area contributed by atoms with Gasteiger partial charge in [-0.15, -0.1) is 0 Å². The fraction of sp³-hybridized carbons (Fsp3) is 0.393. The summed E-state index contributed by atoms with van der Waals surface area (Å²) in [6, 6.07) is 19.3. The Kier molecular flexibility index (Phi) is 6.86. The van der Waals surface area contributed by atoms with Gasteiger partial charge in [-0.2, -0.15) is 13.2 Å². The summed E-state index contributed by atoms with van der Waals surface area (Å²) in [6.45, 7) is 6.15. The van der Waals surface area contributed by atoms with Crippen LogP contribution in [0.2, 0.25) is 5.04 Å². The first-order valence-corrected chi connectivity index (χ1v) is 13.9. The first kappa shape index (κ1) is 25.4. The SMILES string of the molecule is CC(C)(C)[Si](O[C@]1(OC(=O)C(F)(F)F)CC=CC2=C1CCCC2)(c1ccccc1)c1ccccc1. The molecule has 0 amide bonds. The van der Waals surface area contributed by atoms with E-state index in [0.717, 1.165) is 35.2 Å². The summed E-state index contributed by atoms with van der Waals surface area (Å²) in [6.07, 6.45) is 1.64. The zero-order valence-electron chi connectivity index (χ0n) is 20.3. The summed E-state index contributed by atoms with van der Waals surface area (Å²) in [4.78, 5) is 12.4. The topological polar surface area (TPSA) is 35.5 Å². The lowest BCUT2D eigenvalue weighted by Gasteiger charge is -2.50. The number of carbonyl (C=O) groups is 1. The van der Waals surface area contributed by atoms with Crippen molar-refractivity contribution in [2.45, 2.75) is 69.9 Å². The predicted molar refractivity (Wildman–Crippen MR) is 133 cm³/mol. The third-order valence-corrected chi connectivity index (χ3v) is 11.9. The van der Waals surface area contributed by atoms with Crippen LogP contribution in [0.25, 0.3) is 0 Å². The number of rotatable bonds is 5. The van der Waals surface area contributed by atoms with Crippen LogP contribution in [0.1, 0.15) is 52.9 Å². The van der Waals surface area contributed by atoms with Crippen molar-refractivity contribution in [2.75, 3.05) is 0 Å². The molecule has 2 aliphatic carbocycles. The smallest absolute Gasteiger partial charge is 0.423 e. The first-order chi connectivity index (χ1) is 16.5. The highest BCUT2D eigenvalue weighted by atomic mass is 28.4. The van der Waals surface area contributed by atoms with Crippen LogP contribution < -0.4 is 10.4 Å². The maximum Gasteiger partial charge on any atom is 0.491 e. The molecule has 2 aromatic carbocycles. The molecule has 186 valence electrons. The molecule has 0 aliphatic heterocycles. The molecule has 0 aromatic heterocycles. The number of carbonyl (C=O) groups excluding carboxylic acids is 1. The summed E-state index contributed by atoms with van der Waals surface area (Å²) in [5, 5.41) is 1.33. The van der Waals surface area contributed by atoms with Gasteiger partial charge in [0.15, 0.2) is 0 Å². The molecule has 0 N–H and O–H groups in total. The number of esters is 1. The normalized spacial score (nSPS) is 21.0. The van der Waals surface area contributed by atoms with Gasteiger partial charge in [0.25, 0.3) is 8.32 Å². The second-order valence-corrected chi connectivity index (χ2v) is 14.4. The van der Waals surface area contributed by atoms with Crippen molar-refractivity contribution in [1.29, 1.82) is 0 Å². The molecular weight excluding hydrogens is 469 g/mol. The Morgan fingerprint density at radius 1 is 0.886 bits per heavy atom. The molecule has 0 saturated carbocycles. The Labute approximate surface area is 205 Å². The molecule has 0 bridgehead atoms. The van der Waals surface area contributed by atoms with E-state index in [0.29, 0.717) is 12.0 Å². The van der Waals surface area contributed by atoms with Crippen LogP contribution in [-0.4, -0.2) is 26.3 Å². The number of ether oxygens (including phenoxy) is 1. The molecule has 35 heavy (non-hydrogen) atoms. The molecule has 0 spiro atoms. The van der Waals surface area contributed by atoms with E-state index in [1.807, 2.05) is 87.5 Å². The summed E-state index contributed by atoms with van der Waals surface area (Å²) >= 11 is 0. The molecule has 0 saturated heterocycles. The maximum atomic E-state index is 13.6. The highest BCUT2D eigenvalue weighted by Crippen LogP contribution is 2.48. The first-order valence-electron chi connectivity index (χ1n) is 12.0. The minimum absolute atomic E-state index is 0.0398. The number of hydrogen-bond donors (Lipinski definition) is 0. The van der Waals surface area contributed by atoms with Crippen molar-refractivity contribution in [3.05, 3.63) is 84.0 Å². The van der Waals surface area contributed by atoms with E-state index in [4.69, 9.17) is 9.16 Å². The van der Waals surface area contributed by atoms with Gasteiger partial charge in [-0.25, -0.2) is 4.79 Å². The average molecular weight is 501 g/mol. The lowest BCUT2D eigenvalue weighted by Crippen LogP contribution is -2.70. The van der Waals surface area contributed by atoms with Crippen molar-refractivity contribution in [2.24, 2.45) is 0 Å². The lowest BCUT2D eigenvalue weighted by molar-refractivity contribution is -0.234. The highest BCUT2D eigenvalue weighted by Gasteiger charge is 2.59. The van der Waals surface area contributed by atoms with Crippen LogP contribution in [0.15, 0.2) is 84.0 Å². The van der Waals surface area contributed by atoms with E-state index in [1.165, 1.54) is 0 Å². The molecule has 0 fully saturated rings. The van der Waals surface area contributed by atoms with Crippen molar-refractivity contribution in [1.82, 2.24) is 0 Å². The van der Waals surface area contributed by atoms with Gasteiger partial charge in [0, 0.05) is 12.0 Å². The monoisotopic (exact) mass is 500 g/mol. The van der Waals surface area contributed by atoms with Gasteiger partial charge >= 0.3 is 12.1 Å². The van der Waals surface area contributed by atoms with Crippen LogP contribution in [0.5, 0.6) is 0 Å². The molecule has 2 aliphatic rings. The highest BCUT2D eigenvalue weighted by molar-refractivity contribution is 6.99. The maximum absolute atomic E-state index is 13.6. The third kappa shape index (κ3) is 4.76. The van der Waals surface area contributed by atoms with Crippen LogP contribution in [0.4, 0.5) is 13.2 Å². The predicted octanol–water partition coefficient (Wildman–Crippen LogP) is 6.20. The van der Waals surface area contributed by atoms with Crippen molar-refractivity contribution in [3.63, 3.8) is 0 Å². The number of hydrogen-bond acceptors (Lipinski definition) is 3. The molecule has 4 rings (SSSR count). The van der Waals surface area contributed by atoms with E-state index in [9.17, 15) is 18.0 Å². The minimum atomic E-state index is -5.13. The molecular formula is C28H31F3O3Si. The van der Waals surface area contributed by atoms with Crippen LogP contribution in [0.3, 0.4) is 0 Å². The number of halogens is 3. The largest absolute Gasteiger partial charge is 0.491 e. The summed E-state index contributed by atoms with van der Waals surface area (Å²) in [5.74, 6) is -4.04. The Morgan fingerprint density at radius 3 is 1.94 bits per heavy atom. The fourth-order valence-electron chi connectivity index (χ4n) is 5.36. The molecule has 0 unspecified atom stereocenters. The van der Waals surface area contributed by atoms with Crippen molar-refractivity contribution in [3.8, 4) is 0 Å². The van der Waals surface area contributed by atoms with Gasteiger partial charge in [0.1, 0.15) is 0 Å². The minimum Gasteiger partial charge on any atom is -0.423 e. The molecule has 2 aromatic rings. The van der Waals surface area contributed by atoms with E-state index < -0.39 is 31.3 Å². The Morgan fingerprint density at radius 2 is 1.43 bits per heavy atom. The summed E-state index contributed by atoms with van der Waals surface area (Å²) in [5.41, 5.74) is 1.58. The number of alkyl halides is 3. The number of allylic oxidation sites excluding steroid dienone is 2. The van der Waals surface area contributed by atoms with Crippen molar-refractivity contribution < 1.29 is 27.1 Å². The molecule has 0 heterocycles. The zero-order chi connectivity index (χ0) is 25.3. The van der Waals surface area contributed by atoms with E-state index in [-0.39, 0.29) is 6.42 Å². The molecule has 0 radical (unpaired) electrons. The van der Waals surface area contributed by atoms with E-state index in [1.54, 1.807) is 6.08 Å². The zero-order valence-corrected chi connectivity index (χ0v) is 21.3.